The Morgan fingerprint density at radius 1 is 1.48 bits per heavy atom. The number of fused-ring (bicyclic) bond motifs is 1. The molecular weight excluding hydrogens is 354 g/mol. The van der Waals surface area contributed by atoms with E-state index in [4.69, 9.17) is 11.6 Å². The van der Waals surface area contributed by atoms with Crippen LogP contribution in [0.15, 0.2) is 18.3 Å². The van der Waals surface area contributed by atoms with Crippen LogP contribution in [-0.2, 0) is 12.8 Å². The van der Waals surface area contributed by atoms with Gasteiger partial charge in [0.2, 0.25) is 0 Å². The van der Waals surface area contributed by atoms with Gasteiger partial charge in [-0.15, -0.1) is 11.3 Å². The van der Waals surface area contributed by atoms with Gasteiger partial charge in [0.1, 0.15) is 16.2 Å². The maximum absolute atomic E-state index is 12.5. The average Bonchev–Trinajstić information content (AvgIpc) is 2.90. The number of hydrogen-bond donors (Lipinski definition) is 1. The van der Waals surface area contributed by atoms with E-state index in [2.05, 4.69) is 37.1 Å². The molecule has 0 saturated carbocycles. The number of hydrogen-bond acceptors (Lipinski definition) is 4. The van der Waals surface area contributed by atoms with E-state index in [1.165, 1.54) is 22.4 Å². The number of anilines is 1. The van der Waals surface area contributed by atoms with Crippen LogP contribution in [0.5, 0.6) is 0 Å². The second-order valence-electron chi connectivity index (χ2n) is 7.42. The number of nitriles is 1. The summed E-state index contributed by atoms with van der Waals surface area (Å²) in [4.78, 5) is 17.6. The second-order valence-corrected chi connectivity index (χ2v) is 8.88. The van der Waals surface area contributed by atoms with Crippen molar-refractivity contribution in [2.75, 3.05) is 5.32 Å². The molecule has 130 valence electrons. The molecule has 1 amide bonds. The number of carbonyl (C=O) groups is 1. The molecule has 1 aliphatic carbocycles. The highest BCUT2D eigenvalue weighted by molar-refractivity contribution is 7.16. The molecule has 25 heavy (non-hydrogen) atoms. The van der Waals surface area contributed by atoms with Crippen molar-refractivity contribution in [1.29, 1.82) is 5.26 Å². The summed E-state index contributed by atoms with van der Waals surface area (Å²) in [5, 5.41) is 13.2. The fraction of sp³-hybridized carbons (Fsp3) is 0.421. The summed E-state index contributed by atoms with van der Waals surface area (Å²) in [5.41, 5.74) is 2.24. The highest BCUT2D eigenvalue weighted by atomic mass is 35.5. The number of halogens is 1. The molecule has 1 atom stereocenters. The van der Waals surface area contributed by atoms with Crippen LogP contribution in [0.3, 0.4) is 0 Å². The lowest BCUT2D eigenvalue weighted by molar-refractivity contribution is 0.102. The van der Waals surface area contributed by atoms with Crippen LogP contribution in [0.1, 0.15) is 53.6 Å². The number of pyridine rings is 1. The molecule has 0 spiro atoms. The van der Waals surface area contributed by atoms with Crippen LogP contribution < -0.4 is 5.32 Å². The summed E-state index contributed by atoms with van der Waals surface area (Å²) in [6.07, 6.45) is 4.46. The number of aromatic nitrogens is 1. The van der Waals surface area contributed by atoms with Crippen molar-refractivity contribution < 1.29 is 4.79 Å². The Bertz CT molecular complexity index is 861. The summed E-state index contributed by atoms with van der Waals surface area (Å²) in [5.74, 6) is 0.252. The van der Waals surface area contributed by atoms with Gasteiger partial charge in [0.25, 0.3) is 5.91 Å². The highest BCUT2D eigenvalue weighted by Gasteiger charge is 2.32. The van der Waals surface area contributed by atoms with Crippen LogP contribution in [-0.4, -0.2) is 10.9 Å². The Hall–Kier alpha value is -1.90. The van der Waals surface area contributed by atoms with Gasteiger partial charge in [0, 0.05) is 11.1 Å². The van der Waals surface area contributed by atoms with Crippen LogP contribution in [0.25, 0.3) is 0 Å². The minimum absolute atomic E-state index is 0.160. The zero-order valence-corrected chi connectivity index (χ0v) is 16.1. The van der Waals surface area contributed by atoms with Crippen molar-refractivity contribution >= 4 is 33.8 Å². The van der Waals surface area contributed by atoms with Gasteiger partial charge in [0.05, 0.1) is 11.1 Å². The number of carbonyl (C=O) groups excluding carboxylic acids is 1. The summed E-state index contributed by atoms with van der Waals surface area (Å²) in [6, 6.07) is 5.57. The first-order chi connectivity index (χ1) is 11.8. The van der Waals surface area contributed by atoms with Crippen LogP contribution in [0.4, 0.5) is 5.00 Å². The standard InChI is InChI=1S/C19H20ClN3OS/c1-19(2,3)11-6-7-12-14(10-21)18(25-15(12)9-11)23-17(24)13-5-4-8-22-16(13)20/h4-5,8,11H,6-7,9H2,1-3H3,(H,23,24). The molecule has 4 nitrogen and oxygen atoms in total. The third-order valence-corrected chi connectivity index (χ3v) is 6.30. The van der Waals surface area contributed by atoms with E-state index in [1.807, 2.05) is 0 Å². The molecule has 0 saturated heterocycles. The zero-order chi connectivity index (χ0) is 18.2. The highest BCUT2D eigenvalue weighted by Crippen LogP contribution is 2.44. The molecule has 2 aromatic rings. The molecule has 1 N–H and O–H groups in total. The van der Waals surface area contributed by atoms with Gasteiger partial charge in [-0.05, 0) is 48.3 Å². The molecule has 2 aromatic heterocycles. The maximum Gasteiger partial charge on any atom is 0.259 e. The number of amides is 1. The monoisotopic (exact) mass is 373 g/mol. The van der Waals surface area contributed by atoms with E-state index in [-0.39, 0.29) is 16.5 Å². The Balaban J connectivity index is 1.89. The van der Waals surface area contributed by atoms with Gasteiger partial charge in [0.15, 0.2) is 0 Å². The molecule has 0 fully saturated rings. The Labute approximate surface area is 156 Å². The normalized spacial score (nSPS) is 16.8. The minimum atomic E-state index is -0.333. The molecule has 1 aliphatic rings. The molecular formula is C19H20ClN3OS. The maximum atomic E-state index is 12.5. The second kappa shape index (κ2) is 6.78. The van der Waals surface area contributed by atoms with Crippen LogP contribution >= 0.6 is 22.9 Å². The number of rotatable bonds is 2. The van der Waals surface area contributed by atoms with Crippen LogP contribution in [0.2, 0.25) is 5.15 Å². The summed E-state index contributed by atoms with van der Waals surface area (Å²) >= 11 is 7.51. The quantitative estimate of drug-likeness (QED) is 0.747. The molecule has 3 rings (SSSR count). The van der Waals surface area contributed by atoms with Gasteiger partial charge in [-0.2, -0.15) is 5.26 Å². The third-order valence-electron chi connectivity index (χ3n) is 4.83. The molecule has 1 unspecified atom stereocenters. The fourth-order valence-corrected chi connectivity index (χ4v) is 4.74. The fourth-order valence-electron chi connectivity index (χ4n) is 3.26. The lowest BCUT2D eigenvalue weighted by atomic mass is 9.72. The van der Waals surface area contributed by atoms with E-state index in [1.54, 1.807) is 12.1 Å². The van der Waals surface area contributed by atoms with Gasteiger partial charge in [-0.1, -0.05) is 32.4 Å². The smallest absolute Gasteiger partial charge is 0.259 e. The topological polar surface area (TPSA) is 65.8 Å². The van der Waals surface area contributed by atoms with E-state index in [9.17, 15) is 10.1 Å². The van der Waals surface area contributed by atoms with E-state index < -0.39 is 0 Å². The molecule has 0 aliphatic heterocycles. The molecule has 2 heterocycles. The zero-order valence-electron chi connectivity index (χ0n) is 14.5. The molecule has 0 radical (unpaired) electrons. The molecule has 0 aromatic carbocycles. The third kappa shape index (κ3) is 3.56. The first kappa shape index (κ1) is 17.9. The van der Waals surface area contributed by atoms with Gasteiger partial charge < -0.3 is 5.32 Å². The van der Waals surface area contributed by atoms with Crippen LogP contribution in [0, 0.1) is 22.7 Å². The Morgan fingerprint density at radius 2 is 2.24 bits per heavy atom. The largest absolute Gasteiger partial charge is 0.312 e. The number of nitrogens with one attached hydrogen (secondary N) is 1. The van der Waals surface area contributed by atoms with E-state index in [0.717, 1.165) is 24.8 Å². The first-order valence-corrected chi connectivity index (χ1v) is 9.47. The predicted octanol–water partition coefficient (Wildman–Crippen LogP) is 5.07. The van der Waals surface area contributed by atoms with Crippen molar-refractivity contribution in [3.63, 3.8) is 0 Å². The van der Waals surface area contributed by atoms with Crippen molar-refractivity contribution in [3.8, 4) is 6.07 Å². The van der Waals surface area contributed by atoms with Crippen molar-refractivity contribution in [2.45, 2.75) is 40.0 Å². The van der Waals surface area contributed by atoms with Crippen molar-refractivity contribution in [3.05, 3.63) is 45.1 Å². The first-order valence-electron chi connectivity index (χ1n) is 8.27. The lowest BCUT2D eigenvalue weighted by Crippen LogP contribution is -2.26. The molecule has 6 heteroatoms. The van der Waals surface area contributed by atoms with Gasteiger partial charge in [-0.25, -0.2) is 4.98 Å². The molecule has 0 bridgehead atoms. The van der Waals surface area contributed by atoms with Crippen molar-refractivity contribution in [1.82, 2.24) is 4.98 Å². The summed E-state index contributed by atoms with van der Waals surface area (Å²) in [7, 11) is 0. The van der Waals surface area contributed by atoms with Gasteiger partial charge >= 0.3 is 0 Å². The number of nitrogens with zero attached hydrogens (tertiary/aromatic N) is 2. The average molecular weight is 374 g/mol. The minimum Gasteiger partial charge on any atom is -0.312 e. The van der Waals surface area contributed by atoms with E-state index >= 15 is 0 Å². The Kier molecular flexibility index (Phi) is 4.86. The number of thiophene rings is 1. The Morgan fingerprint density at radius 3 is 2.88 bits per heavy atom. The van der Waals surface area contributed by atoms with Crippen molar-refractivity contribution in [2.24, 2.45) is 11.3 Å². The van der Waals surface area contributed by atoms with E-state index in [0.29, 0.717) is 22.0 Å². The summed E-state index contributed by atoms with van der Waals surface area (Å²) < 4.78 is 0. The summed E-state index contributed by atoms with van der Waals surface area (Å²) in [6.45, 7) is 6.78. The predicted molar refractivity (Wildman–Crippen MR) is 101 cm³/mol. The van der Waals surface area contributed by atoms with Gasteiger partial charge in [-0.3, -0.25) is 4.79 Å². The lowest BCUT2D eigenvalue weighted by Gasteiger charge is -2.33. The SMILES string of the molecule is CC(C)(C)C1CCc2c(sc(NC(=O)c3cccnc3Cl)c2C#N)C1.